The zero-order valence-electron chi connectivity index (χ0n) is 13.9. The van der Waals surface area contributed by atoms with E-state index in [1.54, 1.807) is 19.2 Å². The van der Waals surface area contributed by atoms with Crippen molar-refractivity contribution in [2.24, 2.45) is 5.92 Å². The van der Waals surface area contributed by atoms with Crippen LogP contribution in [0.25, 0.3) is 10.9 Å². The molecule has 1 amide bonds. The second kappa shape index (κ2) is 6.24. The highest BCUT2D eigenvalue weighted by atomic mass is 19.1. The lowest BCUT2D eigenvalue weighted by molar-refractivity contribution is -0.120. The van der Waals surface area contributed by atoms with Crippen LogP contribution in [0.3, 0.4) is 0 Å². The molecule has 2 aromatic carbocycles. The summed E-state index contributed by atoms with van der Waals surface area (Å²) < 4.78 is 18.3. The predicted octanol–water partition coefficient (Wildman–Crippen LogP) is 4.06. The molecule has 1 atom stereocenters. The predicted molar refractivity (Wildman–Crippen MR) is 95.4 cm³/mol. The smallest absolute Gasteiger partial charge is 0.227 e. The molecular weight excluding hydrogens is 319 g/mol. The first kappa shape index (κ1) is 15.7. The molecule has 1 unspecified atom stereocenters. The number of rotatable bonds is 3. The van der Waals surface area contributed by atoms with E-state index < -0.39 is 0 Å². The van der Waals surface area contributed by atoms with Gasteiger partial charge in [-0.1, -0.05) is 0 Å². The minimum absolute atomic E-state index is 0.0190. The minimum Gasteiger partial charge on any atom is -0.497 e. The fourth-order valence-corrected chi connectivity index (χ4v) is 3.52. The van der Waals surface area contributed by atoms with Crippen molar-refractivity contribution in [3.8, 4) is 5.75 Å². The SMILES string of the molecule is COc1ccc2[nH]c3c(c2c1)CC(C(=O)Nc1ccc(F)cc1)CC3. The topological polar surface area (TPSA) is 54.1 Å². The zero-order valence-corrected chi connectivity index (χ0v) is 13.9. The number of carbonyl (C=O) groups is 1. The van der Waals surface area contributed by atoms with Crippen LogP contribution in [-0.2, 0) is 17.6 Å². The molecule has 0 saturated heterocycles. The molecule has 0 saturated carbocycles. The van der Waals surface area contributed by atoms with Crippen LogP contribution in [0.4, 0.5) is 10.1 Å². The maximum atomic E-state index is 13.0. The number of hydrogen-bond donors (Lipinski definition) is 2. The summed E-state index contributed by atoms with van der Waals surface area (Å²) >= 11 is 0. The Morgan fingerprint density at radius 1 is 1.24 bits per heavy atom. The van der Waals surface area contributed by atoms with Gasteiger partial charge in [0.05, 0.1) is 7.11 Å². The molecule has 0 aliphatic heterocycles. The maximum Gasteiger partial charge on any atom is 0.227 e. The second-order valence-electron chi connectivity index (χ2n) is 6.43. The third-order valence-corrected chi connectivity index (χ3v) is 4.88. The highest BCUT2D eigenvalue weighted by molar-refractivity contribution is 5.94. The first-order valence-corrected chi connectivity index (χ1v) is 8.38. The van der Waals surface area contributed by atoms with Gasteiger partial charge in [-0.2, -0.15) is 0 Å². The van der Waals surface area contributed by atoms with Crippen molar-refractivity contribution in [1.29, 1.82) is 0 Å². The fraction of sp³-hybridized carbons (Fsp3) is 0.250. The monoisotopic (exact) mass is 338 g/mol. The van der Waals surface area contributed by atoms with Gasteiger partial charge in [-0.05, 0) is 67.3 Å². The van der Waals surface area contributed by atoms with Crippen molar-refractivity contribution in [3.63, 3.8) is 0 Å². The molecule has 1 aliphatic rings. The van der Waals surface area contributed by atoms with Crippen LogP contribution >= 0.6 is 0 Å². The average molecular weight is 338 g/mol. The molecule has 3 aromatic rings. The van der Waals surface area contributed by atoms with Gasteiger partial charge in [-0.15, -0.1) is 0 Å². The third kappa shape index (κ3) is 2.97. The molecule has 0 fully saturated rings. The van der Waals surface area contributed by atoms with Crippen molar-refractivity contribution >= 4 is 22.5 Å². The molecule has 2 N–H and O–H groups in total. The lowest BCUT2D eigenvalue weighted by Gasteiger charge is -2.22. The van der Waals surface area contributed by atoms with E-state index in [0.717, 1.165) is 29.5 Å². The quantitative estimate of drug-likeness (QED) is 0.757. The van der Waals surface area contributed by atoms with Gasteiger partial charge >= 0.3 is 0 Å². The number of ether oxygens (including phenoxy) is 1. The van der Waals surface area contributed by atoms with E-state index >= 15 is 0 Å². The van der Waals surface area contributed by atoms with Crippen molar-refractivity contribution in [2.45, 2.75) is 19.3 Å². The zero-order chi connectivity index (χ0) is 17.4. The molecule has 4 nitrogen and oxygen atoms in total. The number of anilines is 1. The number of aromatic nitrogens is 1. The van der Waals surface area contributed by atoms with Crippen LogP contribution in [0.1, 0.15) is 17.7 Å². The number of methoxy groups -OCH3 is 1. The summed E-state index contributed by atoms with van der Waals surface area (Å²) in [5.74, 6) is 0.387. The van der Waals surface area contributed by atoms with Crippen LogP contribution in [-0.4, -0.2) is 18.0 Å². The van der Waals surface area contributed by atoms with Crippen LogP contribution in [0.5, 0.6) is 5.75 Å². The van der Waals surface area contributed by atoms with Crippen molar-refractivity contribution in [1.82, 2.24) is 4.98 Å². The summed E-state index contributed by atoms with van der Waals surface area (Å²) in [6.07, 6.45) is 2.33. The van der Waals surface area contributed by atoms with E-state index in [1.807, 2.05) is 18.2 Å². The Kier molecular flexibility index (Phi) is 3.92. The number of aromatic amines is 1. The van der Waals surface area contributed by atoms with E-state index in [2.05, 4.69) is 10.3 Å². The first-order valence-electron chi connectivity index (χ1n) is 8.38. The summed E-state index contributed by atoms with van der Waals surface area (Å²) in [7, 11) is 1.65. The third-order valence-electron chi connectivity index (χ3n) is 4.88. The van der Waals surface area contributed by atoms with Gasteiger partial charge in [0.15, 0.2) is 0 Å². The Labute approximate surface area is 145 Å². The van der Waals surface area contributed by atoms with Gasteiger partial charge in [0, 0.05) is 28.2 Å². The van der Waals surface area contributed by atoms with Gasteiger partial charge in [-0.3, -0.25) is 4.79 Å². The van der Waals surface area contributed by atoms with E-state index in [1.165, 1.54) is 23.4 Å². The highest BCUT2D eigenvalue weighted by Gasteiger charge is 2.27. The summed E-state index contributed by atoms with van der Waals surface area (Å²) in [5, 5.41) is 4.01. The van der Waals surface area contributed by atoms with E-state index in [9.17, 15) is 9.18 Å². The molecule has 0 spiro atoms. The number of H-pyrrole nitrogens is 1. The highest BCUT2D eigenvalue weighted by Crippen LogP contribution is 2.34. The number of aryl methyl sites for hydroxylation is 1. The van der Waals surface area contributed by atoms with Gasteiger partial charge in [0.1, 0.15) is 11.6 Å². The number of benzene rings is 2. The largest absolute Gasteiger partial charge is 0.497 e. The summed E-state index contributed by atoms with van der Waals surface area (Å²) in [5.41, 5.74) is 4.09. The van der Waals surface area contributed by atoms with Crippen LogP contribution < -0.4 is 10.1 Å². The number of halogens is 1. The molecule has 0 radical (unpaired) electrons. The minimum atomic E-state index is -0.312. The van der Waals surface area contributed by atoms with Gasteiger partial charge in [-0.25, -0.2) is 4.39 Å². The van der Waals surface area contributed by atoms with Crippen molar-refractivity contribution in [2.75, 3.05) is 12.4 Å². The number of hydrogen-bond acceptors (Lipinski definition) is 2. The van der Waals surface area contributed by atoms with Crippen molar-refractivity contribution < 1.29 is 13.9 Å². The molecule has 0 bridgehead atoms. The van der Waals surface area contributed by atoms with Crippen molar-refractivity contribution in [3.05, 3.63) is 59.5 Å². The van der Waals surface area contributed by atoms with Crippen LogP contribution in [0.15, 0.2) is 42.5 Å². The summed E-state index contributed by atoms with van der Waals surface area (Å²) in [4.78, 5) is 16.1. The Bertz CT molecular complexity index is 931. The van der Waals surface area contributed by atoms with E-state index in [-0.39, 0.29) is 17.6 Å². The first-order chi connectivity index (χ1) is 12.1. The Hall–Kier alpha value is -2.82. The lowest BCUT2D eigenvalue weighted by Crippen LogP contribution is -2.28. The van der Waals surface area contributed by atoms with E-state index in [4.69, 9.17) is 4.74 Å². The lowest BCUT2D eigenvalue weighted by atomic mass is 9.85. The van der Waals surface area contributed by atoms with Gasteiger partial charge in [0.2, 0.25) is 5.91 Å². The Morgan fingerprint density at radius 3 is 2.80 bits per heavy atom. The number of amides is 1. The summed E-state index contributed by atoms with van der Waals surface area (Å²) in [6, 6.07) is 11.8. The molecule has 128 valence electrons. The molecule has 1 aromatic heterocycles. The number of fused-ring (bicyclic) bond motifs is 3. The molecule has 1 heterocycles. The molecule has 4 rings (SSSR count). The number of carbonyl (C=O) groups excluding carboxylic acids is 1. The molecular formula is C20H19FN2O2. The van der Waals surface area contributed by atoms with Gasteiger partial charge < -0.3 is 15.0 Å². The Balaban J connectivity index is 1.57. The Morgan fingerprint density at radius 2 is 2.04 bits per heavy atom. The van der Waals surface area contributed by atoms with Gasteiger partial charge in [0.25, 0.3) is 0 Å². The van der Waals surface area contributed by atoms with E-state index in [0.29, 0.717) is 12.1 Å². The normalized spacial score (nSPS) is 16.5. The molecule has 25 heavy (non-hydrogen) atoms. The van der Waals surface area contributed by atoms with Crippen LogP contribution in [0.2, 0.25) is 0 Å². The summed E-state index contributed by atoms with van der Waals surface area (Å²) in [6.45, 7) is 0. The molecule has 1 aliphatic carbocycles. The molecule has 5 heteroatoms. The second-order valence-corrected chi connectivity index (χ2v) is 6.43. The fourth-order valence-electron chi connectivity index (χ4n) is 3.52. The standard InChI is InChI=1S/C20H19FN2O2/c1-25-15-7-9-19-17(11-15)16-10-12(2-8-18(16)23-19)20(24)22-14-5-3-13(21)4-6-14/h3-7,9,11-12,23H,2,8,10H2,1H3,(H,22,24). The maximum absolute atomic E-state index is 13.0. The average Bonchev–Trinajstić information content (AvgIpc) is 3.00. The number of nitrogens with one attached hydrogen (secondary N) is 2. The van der Waals surface area contributed by atoms with Crippen LogP contribution in [0, 0.1) is 11.7 Å².